The Kier molecular flexibility index (Phi) is 11.7. The molecule has 4 rings (SSSR count). The number of ether oxygens (including phenoxy) is 1. The predicted molar refractivity (Wildman–Crippen MR) is 182 cm³/mol. The summed E-state index contributed by atoms with van der Waals surface area (Å²) in [6, 6.07) is 25.9. The minimum Gasteiger partial charge on any atom is -0.494 e. The molecule has 47 heavy (non-hydrogen) atoms. The van der Waals surface area contributed by atoms with E-state index in [0.717, 1.165) is 34.1 Å². The van der Waals surface area contributed by atoms with Gasteiger partial charge in [0.2, 0.25) is 11.8 Å². The first-order valence-corrected chi connectivity index (χ1v) is 17.0. The van der Waals surface area contributed by atoms with Crippen molar-refractivity contribution < 1.29 is 27.1 Å². The van der Waals surface area contributed by atoms with Gasteiger partial charge in [0.25, 0.3) is 10.0 Å². The topological polar surface area (TPSA) is 96.0 Å². The molecule has 0 heterocycles. The molecule has 0 unspecified atom stereocenters. The number of halogens is 2. The van der Waals surface area contributed by atoms with Crippen molar-refractivity contribution >= 4 is 39.1 Å². The molecule has 248 valence electrons. The maximum atomic E-state index is 14.5. The monoisotopic (exact) mass is 679 g/mol. The normalized spacial score (nSPS) is 12.2. The van der Waals surface area contributed by atoms with E-state index in [2.05, 4.69) is 5.32 Å². The highest BCUT2D eigenvalue weighted by molar-refractivity contribution is 7.92. The minimum atomic E-state index is -4.38. The molecule has 4 aromatic rings. The van der Waals surface area contributed by atoms with Gasteiger partial charge in [0.05, 0.1) is 17.2 Å². The van der Waals surface area contributed by atoms with Gasteiger partial charge in [0.15, 0.2) is 0 Å². The quantitative estimate of drug-likeness (QED) is 0.171. The Morgan fingerprint density at radius 2 is 1.49 bits per heavy atom. The van der Waals surface area contributed by atoms with Gasteiger partial charge in [-0.1, -0.05) is 54.1 Å². The third-order valence-electron chi connectivity index (χ3n) is 7.15. The lowest BCUT2D eigenvalue weighted by Crippen LogP contribution is -2.56. The summed E-state index contributed by atoms with van der Waals surface area (Å²) in [4.78, 5) is 29.7. The second kappa shape index (κ2) is 15.5. The van der Waals surface area contributed by atoms with E-state index in [1.165, 1.54) is 17.0 Å². The standard InChI is InChI=1S/C36H39ClFN3O5S/c1-5-46-31-19-17-30(18-20-31)41(47(44,45)32-21-15-29(38)16-22-32)25-34(42)40(24-27-11-13-28(37)14-12-27)33(35(43)39-36(2,3)4)23-26-9-7-6-8-10-26/h6-22,33H,5,23-25H2,1-4H3,(H,39,43)/t33-/m1/s1. The van der Waals surface area contributed by atoms with Crippen LogP contribution in [-0.4, -0.2) is 49.9 Å². The second-order valence-corrected chi connectivity index (χ2v) is 14.3. The molecular formula is C36H39ClFN3O5S. The van der Waals surface area contributed by atoms with E-state index in [1.807, 2.05) is 58.0 Å². The predicted octanol–water partition coefficient (Wildman–Crippen LogP) is 6.63. The molecule has 1 atom stereocenters. The lowest BCUT2D eigenvalue weighted by molar-refractivity contribution is -0.140. The fraction of sp³-hybridized carbons (Fsp3) is 0.278. The van der Waals surface area contributed by atoms with Gasteiger partial charge >= 0.3 is 0 Å². The first kappa shape index (κ1) is 35.4. The van der Waals surface area contributed by atoms with Crippen LogP contribution in [0.4, 0.5) is 10.1 Å². The van der Waals surface area contributed by atoms with Crippen molar-refractivity contribution in [1.29, 1.82) is 0 Å². The summed E-state index contributed by atoms with van der Waals surface area (Å²) in [5.41, 5.74) is 1.09. The molecule has 0 saturated heterocycles. The number of hydrogen-bond acceptors (Lipinski definition) is 5. The SMILES string of the molecule is CCOc1ccc(N(CC(=O)N(Cc2ccc(Cl)cc2)[C@H](Cc2ccccc2)C(=O)NC(C)(C)C)S(=O)(=O)c2ccc(F)cc2)cc1. The molecule has 0 fully saturated rings. The van der Waals surface area contributed by atoms with Gasteiger partial charge < -0.3 is 15.0 Å². The molecule has 11 heteroatoms. The summed E-state index contributed by atoms with van der Waals surface area (Å²) < 4.78 is 48.5. The maximum absolute atomic E-state index is 14.5. The zero-order valence-corrected chi connectivity index (χ0v) is 28.4. The number of carbonyl (C=O) groups excluding carboxylic acids is 2. The number of rotatable bonds is 13. The molecule has 4 aromatic carbocycles. The molecule has 0 radical (unpaired) electrons. The number of nitrogens with zero attached hydrogens (tertiary/aromatic N) is 2. The van der Waals surface area contributed by atoms with E-state index in [4.69, 9.17) is 16.3 Å². The number of nitrogens with one attached hydrogen (secondary N) is 1. The van der Waals surface area contributed by atoms with E-state index >= 15 is 0 Å². The molecule has 0 aromatic heterocycles. The van der Waals surface area contributed by atoms with Gasteiger partial charge in [-0.2, -0.15) is 0 Å². The Hall–Kier alpha value is -4.41. The van der Waals surface area contributed by atoms with Gasteiger partial charge in [0, 0.05) is 23.5 Å². The molecule has 8 nitrogen and oxygen atoms in total. The van der Waals surface area contributed by atoms with Gasteiger partial charge in [-0.3, -0.25) is 13.9 Å². The highest BCUT2D eigenvalue weighted by Gasteiger charge is 2.35. The van der Waals surface area contributed by atoms with Crippen LogP contribution in [0.25, 0.3) is 0 Å². The first-order chi connectivity index (χ1) is 22.3. The van der Waals surface area contributed by atoms with Crippen molar-refractivity contribution in [2.75, 3.05) is 17.5 Å². The Bertz CT molecular complexity index is 1750. The first-order valence-electron chi connectivity index (χ1n) is 15.2. The highest BCUT2D eigenvalue weighted by atomic mass is 35.5. The molecule has 0 aliphatic rings. The molecule has 0 spiro atoms. The molecule has 0 aliphatic carbocycles. The molecule has 1 N–H and O–H groups in total. The smallest absolute Gasteiger partial charge is 0.264 e. The van der Waals surface area contributed by atoms with E-state index in [-0.39, 0.29) is 23.5 Å². The van der Waals surface area contributed by atoms with E-state index in [0.29, 0.717) is 22.9 Å². The zero-order chi connectivity index (χ0) is 34.2. The number of sulfonamides is 1. The van der Waals surface area contributed by atoms with Crippen LogP contribution in [0.5, 0.6) is 5.75 Å². The van der Waals surface area contributed by atoms with Crippen LogP contribution < -0.4 is 14.4 Å². The summed E-state index contributed by atoms with van der Waals surface area (Å²) >= 11 is 6.14. The maximum Gasteiger partial charge on any atom is 0.264 e. The molecule has 2 amide bonds. The summed E-state index contributed by atoms with van der Waals surface area (Å²) in [7, 11) is -4.38. The fourth-order valence-corrected chi connectivity index (χ4v) is 6.47. The summed E-state index contributed by atoms with van der Waals surface area (Å²) in [6.45, 7) is 7.13. The Balaban J connectivity index is 1.81. The Morgan fingerprint density at radius 3 is 2.06 bits per heavy atom. The van der Waals surface area contributed by atoms with Crippen molar-refractivity contribution in [1.82, 2.24) is 10.2 Å². The van der Waals surface area contributed by atoms with Gasteiger partial charge in [-0.15, -0.1) is 0 Å². The molecule has 0 aliphatic heterocycles. The van der Waals surface area contributed by atoms with Crippen molar-refractivity contribution in [3.05, 3.63) is 125 Å². The van der Waals surface area contributed by atoms with Crippen LogP contribution in [-0.2, 0) is 32.6 Å². The van der Waals surface area contributed by atoms with E-state index in [1.54, 1.807) is 36.4 Å². The lowest BCUT2D eigenvalue weighted by atomic mass is 10.0. The number of carbonyl (C=O) groups is 2. The van der Waals surface area contributed by atoms with Crippen LogP contribution in [0.15, 0.2) is 108 Å². The number of hydrogen-bond donors (Lipinski definition) is 1. The minimum absolute atomic E-state index is 0.00121. The highest BCUT2D eigenvalue weighted by Crippen LogP contribution is 2.27. The number of benzene rings is 4. The van der Waals surface area contributed by atoms with Crippen LogP contribution in [0, 0.1) is 5.82 Å². The molecule has 0 bridgehead atoms. The fourth-order valence-electron chi connectivity index (χ4n) is 4.93. The summed E-state index contributed by atoms with van der Waals surface area (Å²) in [5, 5.41) is 3.50. The molecular weight excluding hydrogens is 641 g/mol. The van der Waals surface area contributed by atoms with Crippen LogP contribution >= 0.6 is 11.6 Å². The van der Waals surface area contributed by atoms with Crippen LogP contribution in [0.3, 0.4) is 0 Å². The second-order valence-electron chi connectivity index (χ2n) is 12.0. The van der Waals surface area contributed by atoms with Gasteiger partial charge in [-0.25, -0.2) is 12.8 Å². The lowest BCUT2D eigenvalue weighted by Gasteiger charge is -2.35. The average Bonchev–Trinajstić information content (AvgIpc) is 3.03. The van der Waals surface area contributed by atoms with Gasteiger partial charge in [0.1, 0.15) is 24.2 Å². The Labute approximate surface area is 281 Å². The summed E-state index contributed by atoms with van der Waals surface area (Å²) in [6.07, 6.45) is 0.176. The van der Waals surface area contributed by atoms with Crippen molar-refractivity contribution in [2.24, 2.45) is 0 Å². The largest absolute Gasteiger partial charge is 0.494 e. The average molecular weight is 680 g/mol. The van der Waals surface area contributed by atoms with Crippen molar-refractivity contribution in [3.8, 4) is 5.75 Å². The van der Waals surface area contributed by atoms with Crippen molar-refractivity contribution in [3.63, 3.8) is 0 Å². The third kappa shape index (κ3) is 9.79. The summed E-state index contributed by atoms with van der Waals surface area (Å²) in [5.74, 6) is -1.09. The van der Waals surface area contributed by atoms with E-state index < -0.39 is 45.8 Å². The third-order valence-corrected chi connectivity index (χ3v) is 9.19. The van der Waals surface area contributed by atoms with Crippen molar-refractivity contribution in [2.45, 2.75) is 57.1 Å². The Morgan fingerprint density at radius 1 is 0.872 bits per heavy atom. The van der Waals surface area contributed by atoms with Crippen LogP contribution in [0.1, 0.15) is 38.8 Å². The van der Waals surface area contributed by atoms with Gasteiger partial charge in [-0.05, 0) is 99.5 Å². The number of anilines is 1. The van der Waals surface area contributed by atoms with Crippen LogP contribution in [0.2, 0.25) is 5.02 Å². The molecule has 0 saturated carbocycles. The van der Waals surface area contributed by atoms with E-state index in [9.17, 15) is 22.4 Å². The number of amides is 2. The zero-order valence-electron chi connectivity index (χ0n) is 26.8.